The van der Waals surface area contributed by atoms with Crippen LogP contribution in [0.15, 0.2) is 54.9 Å². The monoisotopic (exact) mass is 480 g/mol. The summed E-state index contributed by atoms with van der Waals surface area (Å²) in [6.45, 7) is 0.136. The Morgan fingerprint density at radius 1 is 1.24 bits per heavy atom. The number of sulfonamides is 1. The van der Waals surface area contributed by atoms with Gasteiger partial charge >= 0.3 is 0 Å². The first-order chi connectivity index (χ1) is 15.8. The summed E-state index contributed by atoms with van der Waals surface area (Å²) in [5.74, 6) is -1.31. The molecule has 7 nitrogen and oxygen atoms in total. The highest BCUT2D eigenvalue weighted by Crippen LogP contribution is 2.47. The molecule has 0 unspecified atom stereocenters. The van der Waals surface area contributed by atoms with Crippen LogP contribution in [-0.4, -0.2) is 35.9 Å². The van der Waals surface area contributed by atoms with Crippen LogP contribution in [0, 0.1) is 16.7 Å². The second kappa shape index (κ2) is 8.10. The zero-order chi connectivity index (χ0) is 23.2. The maximum absolute atomic E-state index is 13.5. The highest BCUT2D eigenvalue weighted by Gasteiger charge is 2.49. The lowest BCUT2D eigenvalue weighted by Gasteiger charge is -2.34. The van der Waals surface area contributed by atoms with Gasteiger partial charge in [-0.05, 0) is 36.1 Å². The highest BCUT2D eigenvalue weighted by molar-refractivity contribution is 7.89. The number of nitriles is 1. The molecule has 33 heavy (non-hydrogen) atoms. The number of halogens is 1. The van der Waals surface area contributed by atoms with E-state index in [1.165, 1.54) is 4.31 Å². The lowest BCUT2D eigenvalue weighted by atomic mass is 9.90. The predicted octanol–water partition coefficient (Wildman–Crippen LogP) is 4.06. The Kier molecular flexibility index (Phi) is 5.36. The highest BCUT2D eigenvalue weighted by atomic mass is 35.5. The number of anilines is 1. The molecule has 0 spiro atoms. The summed E-state index contributed by atoms with van der Waals surface area (Å²) < 4.78 is 27.7. The van der Waals surface area contributed by atoms with Gasteiger partial charge in [-0.3, -0.25) is 9.78 Å². The Balaban J connectivity index is 1.48. The summed E-state index contributed by atoms with van der Waals surface area (Å²) in [6, 6.07) is 14.9. The molecule has 0 radical (unpaired) electrons. The van der Waals surface area contributed by atoms with Crippen LogP contribution in [0.1, 0.15) is 29.9 Å². The molecule has 1 fully saturated rings. The Labute approximate surface area is 197 Å². The third kappa shape index (κ3) is 4.20. The van der Waals surface area contributed by atoms with Crippen molar-refractivity contribution in [2.45, 2.75) is 25.3 Å². The van der Waals surface area contributed by atoms with Crippen molar-refractivity contribution >= 4 is 44.0 Å². The van der Waals surface area contributed by atoms with E-state index < -0.39 is 21.4 Å². The molecule has 1 N–H and O–H groups in total. The van der Waals surface area contributed by atoms with Gasteiger partial charge in [-0.2, -0.15) is 9.57 Å². The number of carbonyl (C=O) groups excluding carboxylic acids is 1. The molecule has 1 aliphatic heterocycles. The molecule has 0 saturated heterocycles. The lowest BCUT2D eigenvalue weighted by molar-refractivity contribution is -0.118. The van der Waals surface area contributed by atoms with Gasteiger partial charge in [0.1, 0.15) is 0 Å². The zero-order valence-corrected chi connectivity index (χ0v) is 19.2. The quantitative estimate of drug-likeness (QED) is 0.593. The van der Waals surface area contributed by atoms with Gasteiger partial charge in [0.25, 0.3) is 0 Å². The third-order valence-electron chi connectivity index (χ3n) is 6.40. The van der Waals surface area contributed by atoms with Crippen LogP contribution in [0.3, 0.4) is 0 Å². The van der Waals surface area contributed by atoms with Crippen LogP contribution in [0.5, 0.6) is 0 Å². The Hall–Kier alpha value is -2.99. The fourth-order valence-corrected chi connectivity index (χ4v) is 6.47. The van der Waals surface area contributed by atoms with Crippen molar-refractivity contribution in [2.75, 3.05) is 17.6 Å². The SMILES string of the molecule is N#CC1(CS(=O)(=O)N2Cc3ccc(Cl)cc3[C@@H](C(=O)Nc3cncc4ccccc34)C2)CC1. The van der Waals surface area contributed by atoms with E-state index in [-0.39, 0.29) is 24.7 Å². The van der Waals surface area contributed by atoms with Crippen molar-refractivity contribution in [3.05, 3.63) is 71.0 Å². The number of nitrogens with one attached hydrogen (secondary N) is 1. The standard InChI is InChI=1S/C24H21ClN4O3S/c25-18-6-5-17-12-29(33(31,32)15-24(14-26)7-8-24)13-21(20(17)9-18)23(30)28-22-11-27-10-16-3-1-2-4-19(16)22/h1-6,9-11,21H,7-8,12-13,15H2,(H,28,30)/t21-/m0/s1. The molecule has 9 heteroatoms. The van der Waals surface area contributed by atoms with Gasteiger partial charge < -0.3 is 5.32 Å². The maximum atomic E-state index is 13.5. The molecule has 1 saturated carbocycles. The topological polar surface area (TPSA) is 103 Å². The average molecular weight is 481 g/mol. The van der Waals surface area contributed by atoms with E-state index in [4.69, 9.17) is 11.6 Å². The van der Waals surface area contributed by atoms with Crippen LogP contribution in [0.2, 0.25) is 5.02 Å². The number of hydrogen-bond acceptors (Lipinski definition) is 5. The molecule has 3 aromatic rings. The van der Waals surface area contributed by atoms with E-state index >= 15 is 0 Å². The van der Waals surface area contributed by atoms with Crippen molar-refractivity contribution < 1.29 is 13.2 Å². The maximum Gasteiger partial charge on any atom is 0.233 e. The minimum atomic E-state index is -3.73. The number of benzene rings is 2. The molecule has 1 aliphatic carbocycles. The molecule has 1 atom stereocenters. The van der Waals surface area contributed by atoms with E-state index in [0.29, 0.717) is 29.1 Å². The Bertz CT molecular complexity index is 1410. The van der Waals surface area contributed by atoms with Crippen molar-refractivity contribution in [1.82, 2.24) is 9.29 Å². The van der Waals surface area contributed by atoms with E-state index in [2.05, 4.69) is 16.4 Å². The van der Waals surface area contributed by atoms with Gasteiger partial charge in [-0.25, -0.2) is 8.42 Å². The molecular formula is C24H21ClN4O3S. The molecule has 2 aliphatic rings. The number of nitrogens with zero attached hydrogens (tertiary/aromatic N) is 3. The number of fused-ring (bicyclic) bond motifs is 2. The largest absolute Gasteiger partial charge is 0.324 e. The van der Waals surface area contributed by atoms with E-state index in [1.54, 1.807) is 30.6 Å². The summed E-state index contributed by atoms with van der Waals surface area (Å²) >= 11 is 6.22. The molecule has 5 rings (SSSR count). The summed E-state index contributed by atoms with van der Waals surface area (Å²) in [4.78, 5) is 17.7. The number of hydrogen-bond donors (Lipinski definition) is 1. The summed E-state index contributed by atoms with van der Waals surface area (Å²) in [5.41, 5.74) is 1.20. The van der Waals surface area contributed by atoms with Crippen molar-refractivity contribution in [2.24, 2.45) is 5.41 Å². The first kappa shape index (κ1) is 21.8. The number of amides is 1. The van der Waals surface area contributed by atoms with Crippen molar-refractivity contribution in [1.29, 1.82) is 5.26 Å². The molecule has 1 amide bonds. The second-order valence-corrected chi connectivity index (χ2v) is 11.1. The van der Waals surface area contributed by atoms with Crippen LogP contribution in [0.4, 0.5) is 5.69 Å². The first-order valence-electron chi connectivity index (χ1n) is 10.6. The third-order valence-corrected chi connectivity index (χ3v) is 8.62. The van der Waals surface area contributed by atoms with Crippen molar-refractivity contribution in [3.63, 3.8) is 0 Å². The summed E-state index contributed by atoms with van der Waals surface area (Å²) in [7, 11) is -3.73. The number of pyridine rings is 1. The number of rotatable bonds is 5. The first-order valence-corrected chi connectivity index (χ1v) is 12.6. The van der Waals surface area contributed by atoms with Crippen LogP contribution in [-0.2, 0) is 21.4 Å². The van der Waals surface area contributed by atoms with Crippen LogP contribution in [0.25, 0.3) is 10.8 Å². The summed E-state index contributed by atoms with van der Waals surface area (Å²) in [6.07, 6.45) is 4.47. The Morgan fingerprint density at radius 3 is 2.79 bits per heavy atom. The molecule has 0 bridgehead atoms. The van der Waals surface area contributed by atoms with Crippen LogP contribution < -0.4 is 5.32 Å². The smallest absolute Gasteiger partial charge is 0.233 e. The minimum Gasteiger partial charge on any atom is -0.324 e. The fourth-order valence-electron chi connectivity index (χ4n) is 4.34. The van der Waals surface area contributed by atoms with Gasteiger partial charge in [0.2, 0.25) is 15.9 Å². The second-order valence-electron chi connectivity index (χ2n) is 8.73. The van der Waals surface area contributed by atoms with Gasteiger partial charge in [-0.15, -0.1) is 0 Å². The lowest BCUT2D eigenvalue weighted by Crippen LogP contribution is -2.44. The van der Waals surface area contributed by atoms with Gasteiger partial charge in [-0.1, -0.05) is 41.9 Å². The molecule has 168 valence electrons. The zero-order valence-electron chi connectivity index (χ0n) is 17.7. The van der Waals surface area contributed by atoms with Gasteiger partial charge in [0.15, 0.2) is 0 Å². The van der Waals surface area contributed by atoms with E-state index in [0.717, 1.165) is 16.3 Å². The van der Waals surface area contributed by atoms with E-state index in [1.807, 2.05) is 24.3 Å². The van der Waals surface area contributed by atoms with Crippen LogP contribution >= 0.6 is 11.6 Å². The molecule has 2 heterocycles. The molecule has 2 aromatic carbocycles. The average Bonchev–Trinajstić information content (AvgIpc) is 3.57. The predicted molar refractivity (Wildman–Crippen MR) is 126 cm³/mol. The van der Waals surface area contributed by atoms with Gasteiger partial charge in [0.05, 0.1) is 35.0 Å². The summed E-state index contributed by atoms with van der Waals surface area (Å²) in [5, 5.41) is 14.5. The fraction of sp³-hybridized carbons (Fsp3) is 0.292. The van der Waals surface area contributed by atoms with E-state index in [9.17, 15) is 18.5 Å². The normalized spacial score (nSPS) is 19.5. The van der Waals surface area contributed by atoms with Gasteiger partial charge in [0, 0.05) is 35.1 Å². The molecule has 1 aromatic heterocycles. The Morgan fingerprint density at radius 2 is 2.03 bits per heavy atom. The number of carbonyl (C=O) groups is 1. The number of aromatic nitrogens is 1. The minimum absolute atomic E-state index is 0.0127. The van der Waals surface area contributed by atoms with Crippen molar-refractivity contribution in [3.8, 4) is 6.07 Å². The molecular weight excluding hydrogens is 460 g/mol.